The third-order valence-corrected chi connectivity index (χ3v) is 3.93. The molecule has 0 saturated heterocycles. The molecule has 0 aliphatic heterocycles. The van der Waals surface area contributed by atoms with E-state index in [4.69, 9.17) is 9.52 Å². The molecule has 20 heavy (non-hydrogen) atoms. The fourth-order valence-corrected chi connectivity index (χ4v) is 2.86. The van der Waals surface area contributed by atoms with Crippen molar-refractivity contribution in [2.24, 2.45) is 0 Å². The number of aliphatic hydroxyl groups excluding tert-OH is 1. The van der Waals surface area contributed by atoms with E-state index in [0.717, 1.165) is 24.4 Å². The van der Waals surface area contributed by atoms with Gasteiger partial charge in [-0.25, -0.2) is 0 Å². The lowest BCUT2D eigenvalue weighted by molar-refractivity contribution is 0.305. The molecule has 1 N–H and O–H groups in total. The maximum Gasteiger partial charge on any atom is 0.105 e. The van der Waals surface area contributed by atoms with Crippen LogP contribution in [0.3, 0.4) is 0 Å². The highest BCUT2D eigenvalue weighted by atomic mass is 32.1. The smallest absolute Gasteiger partial charge is 0.105 e. The Hall–Kier alpha value is -1.54. The van der Waals surface area contributed by atoms with Crippen LogP contribution in [0.25, 0.3) is 0 Å². The van der Waals surface area contributed by atoms with Crippen molar-refractivity contribution in [1.29, 1.82) is 0 Å². The van der Waals surface area contributed by atoms with Crippen molar-refractivity contribution in [1.82, 2.24) is 4.90 Å². The van der Waals surface area contributed by atoms with Gasteiger partial charge in [0, 0.05) is 35.5 Å². The van der Waals surface area contributed by atoms with Crippen LogP contribution in [0, 0.1) is 18.8 Å². The van der Waals surface area contributed by atoms with Crippen molar-refractivity contribution in [2.45, 2.75) is 26.4 Å². The van der Waals surface area contributed by atoms with E-state index in [1.54, 1.807) is 17.6 Å². The summed E-state index contributed by atoms with van der Waals surface area (Å²) in [6, 6.07) is 4.06. The molecule has 0 spiro atoms. The van der Waals surface area contributed by atoms with Gasteiger partial charge in [0.05, 0.1) is 12.9 Å². The number of hydrogen-bond acceptors (Lipinski definition) is 4. The first-order valence-electron chi connectivity index (χ1n) is 6.58. The van der Waals surface area contributed by atoms with E-state index < -0.39 is 0 Å². The summed E-state index contributed by atoms with van der Waals surface area (Å²) in [5, 5.41) is 10.8. The van der Waals surface area contributed by atoms with Crippen molar-refractivity contribution >= 4 is 11.3 Å². The molecule has 0 bridgehead atoms. The van der Waals surface area contributed by atoms with E-state index >= 15 is 0 Å². The summed E-state index contributed by atoms with van der Waals surface area (Å²) in [7, 11) is 2.09. The SMILES string of the molecule is Cc1occc1CN(C)Cc1sccc1C#CCCO. The van der Waals surface area contributed by atoms with E-state index in [-0.39, 0.29) is 6.61 Å². The van der Waals surface area contributed by atoms with E-state index in [0.29, 0.717) is 6.42 Å². The number of furan rings is 1. The Kier molecular flexibility index (Phi) is 5.42. The van der Waals surface area contributed by atoms with Gasteiger partial charge in [0.15, 0.2) is 0 Å². The predicted molar refractivity (Wildman–Crippen MR) is 81.5 cm³/mol. The molecule has 0 radical (unpaired) electrons. The Bertz CT molecular complexity index is 603. The van der Waals surface area contributed by atoms with E-state index in [1.807, 2.05) is 19.1 Å². The second kappa shape index (κ2) is 7.30. The molecular formula is C16H19NO2S. The van der Waals surface area contributed by atoms with Crippen LogP contribution in [0.15, 0.2) is 28.2 Å². The van der Waals surface area contributed by atoms with Crippen LogP contribution in [0.5, 0.6) is 0 Å². The molecular weight excluding hydrogens is 270 g/mol. The Morgan fingerprint density at radius 3 is 2.90 bits per heavy atom. The Morgan fingerprint density at radius 1 is 1.35 bits per heavy atom. The molecule has 106 valence electrons. The monoisotopic (exact) mass is 289 g/mol. The van der Waals surface area contributed by atoms with Crippen LogP contribution < -0.4 is 0 Å². The van der Waals surface area contributed by atoms with Crippen molar-refractivity contribution < 1.29 is 9.52 Å². The molecule has 2 rings (SSSR count). The van der Waals surface area contributed by atoms with Crippen LogP contribution in [0.4, 0.5) is 0 Å². The van der Waals surface area contributed by atoms with Gasteiger partial charge in [0.1, 0.15) is 5.76 Å². The van der Waals surface area contributed by atoms with Crippen molar-refractivity contribution in [3.63, 3.8) is 0 Å². The average molecular weight is 289 g/mol. The van der Waals surface area contributed by atoms with Gasteiger partial charge in [-0.05, 0) is 31.5 Å². The van der Waals surface area contributed by atoms with Crippen LogP contribution >= 0.6 is 11.3 Å². The Morgan fingerprint density at radius 2 is 2.20 bits per heavy atom. The summed E-state index contributed by atoms with van der Waals surface area (Å²) in [6.45, 7) is 3.83. The van der Waals surface area contributed by atoms with Crippen LogP contribution in [0.2, 0.25) is 0 Å². The van der Waals surface area contributed by atoms with Crippen molar-refractivity contribution in [3.05, 3.63) is 45.5 Å². The number of rotatable bonds is 5. The summed E-state index contributed by atoms with van der Waals surface area (Å²) in [6.07, 6.45) is 2.26. The van der Waals surface area contributed by atoms with E-state index in [9.17, 15) is 0 Å². The second-order valence-electron chi connectivity index (χ2n) is 4.71. The predicted octanol–water partition coefficient (Wildman–Crippen LogP) is 3.02. The molecule has 2 aromatic heterocycles. The van der Waals surface area contributed by atoms with Crippen LogP contribution in [-0.4, -0.2) is 23.7 Å². The quantitative estimate of drug-likeness (QED) is 0.860. The highest BCUT2D eigenvalue weighted by molar-refractivity contribution is 7.10. The van der Waals surface area contributed by atoms with Gasteiger partial charge in [-0.3, -0.25) is 4.90 Å². The normalized spacial score (nSPS) is 10.6. The molecule has 0 amide bonds. The lowest BCUT2D eigenvalue weighted by Crippen LogP contribution is -2.17. The molecule has 0 fully saturated rings. The summed E-state index contributed by atoms with van der Waals surface area (Å²) >= 11 is 1.72. The standard InChI is InChI=1S/C16H19NO2S/c1-13-15(6-9-19-13)11-17(2)12-16-14(7-10-20-16)5-3-4-8-18/h6-7,9-10,18H,4,8,11-12H2,1-2H3. The summed E-state index contributed by atoms with van der Waals surface area (Å²) in [4.78, 5) is 3.51. The minimum Gasteiger partial charge on any atom is -0.469 e. The van der Waals surface area contributed by atoms with Crippen LogP contribution in [-0.2, 0) is 13.1 Å². The van der Waals surface area contributed by atoms with Crippen LogP contribution in [0.1, 0.15) is 28.2 Å². The Labute approximate surface area is 123 Å². The fourth-order valence-electron chi connectivity index (χ4n) is 1.96. The van der Waals surface area contributed by atoms with Gasteiger partial charge in [0.25, 0.3) is 0 Å². The maximum absolute atomic E-state index is 8.76. The third kappa shape index (κ3) is 3.97. The molecule has 0 aliphatic carbocycles. The van der Waals surface area contributed by atoms with Gasteiger partial charge in [-0.2, -0.15) is 0 Å². The minimum atomic E-state index is 0.117. The fraction of sp³-hybridized carbons (Fsp3) is 0.375. The molecule has 0 aromatic carbocycles. The van der Waals surface area contributed by atoms with E-state index in [2.05, 4.69) is 29.2 Å². The van der Waals surface area contributed by atoms with E-state index in [1.165, 1.54) is 10.4 Å². The molecule has 2 heterocycles. The lowest BCUT2D eigenvalue weighted by atomic mass is 10.2. The first kappa shape index (κ1) is 14.9. The number of aryl methyl sites for hydroxylation is 1. The zero-order valence-electron chi connectivity index (χ0n) is 11.8. The molecule has 0 unspecified atom stereocenters. The minimum absolute atomic E-state index is 0.117. The van der Waals surface area contributed by atoms with Gasteiger partial charge in [-0.1, -0.05) is 11.8 Å². The summed E-state index contributed by atoms with van der Waals surface area (Å²) in [5.74, 6) is 7.08. The Balaban J connectivity index is 1.98. The number of aliphatic hydroxyl groups is 1. The topological polar surface area (TPSA) is 36.6 Å². The highest BCUT2D eigenvalue weighted by Crippen LogP contribution is 2.19. The van der Waals surface area contributed by atoms with Crippen molar-refractivity contribution in [2.75, 3.05) is 13.7 Å². The molecule has 4 heteroatoms. The second-order valence-corrected chi connectivity index (χ2v) is 5.71. The number of thiophene rings is 1. The third-order valence-electron chi connectivity index (χ3n) is 3.03. The van der Waals surface area contributed by atoms with Gasteiger partial charge >= 0.3 is 0 Å². The van der Waals surface area contributed by atoms with Gasteiger partial charge in [-0.15, -0.1) is 11.3 Å². The number of hydrogen-bond donors (Lipinski definition) is 1. The zero-order chi connectivity index (χ0) is 14.4. The lowest BCUT2D eigenvalue weighted by Gasteiger charge is -2.15. The molecule has 0 aliphatic rings. The molecule has 2 aromatic rings. The number of nitrogens with zero attached hydrogens (tertiary/aromatic N) is 1. The summed E-state index contributed by atoms with van der Waals surface area (Å²) in [5.41, 5.74) is 2.29. The highest BCUT2D eigenvalue weighted by Gasteiger charge is 2.09. The zero-order valence-corrected chi connectivity index (χ0v) is 12.7. The van der Waals surface area contributed by atoms with Gasteiger partial charge < -0.3 is 9.52 Å². The summed E-state index contributed by atoms with van der Waals surface area (Å²) < 4.78 is 5.32. The molecule has 0 saturated carbocycles. The average Bonchev–Trinajstić information content (AvgIpc) is 3.01. The molecule has 3 nitrogen and oxygen atoms in total. The first-order valence-corrected chi connectivity index (χ1v) is 7.46. The largest absolute Gasteiger partial charge is 0.469 e. The van der Waals surface area contributed by atoms with Gasteiger partial charge in [0.2, 0.25) is 0 Å². The van der Waals surface area contributed by atoms with Crippen molar-refractivity contribution in [3.8, 4) is 11.8 Å². The molecule has 0 atom stereocenters. The first-order chi connectivity index (χ1) is 9.70. The maximum atomic E-state index is 8.76.